The summed E-state index contributed by atoms with van der Waals surface area (Å²) in [5, 5.41) is 3.48. The summed E-state index contributed by atoms with van der Waals surface area (Å²) in [7, 11) is 0. The number of ether oxygens (including phenoxy) is 2. The predicted octanol–water partition coefficient (Wildman–Crippen LogP) is 1.72. The smallest absolute Gasteiger partial charge is 0.132 e. The molecule has 1 aromatic heterocycles. The molecule has 1 aromatic rings. The van der Waals surface area contributed by atoms with E-state index in [0.29, 0.717) is 0 Å². The van der Waals surface area contributed by atoms with Crippen LogP contribution >= 0.6 is 22.6 Å². The summed E-state index contributed by atoms with van der Waals surface area (Å²) in [5.41, 5.74) is 0.0275. The minimum absolute atomic E-state index is 0.0275. The van der Waals surface area contributed by atoms with E-state index >= 15 is 0 Å². The van der Waals surface area contributed by atoms with E-state index in [1.165, 1.54) is 3.57 Å². The maximum absolute atomic E-state index is 5.39. The molecule has 6 heteroatoms. The Hall–Kier alpha value is -0.600. The molecule has 0 unspecified atom stereocenters. The highest BCUT2D eigenvalue weighted by Crippen LogP contribution is 2.25. The number of hydrogen-bond acceptors (Lipinski definition) is 5. The molecule has 0 amide bonds. The van der Waals surface area contributed by atoms with E-state index in [-0.39, 0.29) is 5.54 Å². The molecule has 0 aliphatic carbocycles. The molecular formula is C13H18IN3O2. The highest BCUT2D eigenvalue weighted by Gasteiger charge is 2.33. The van der Waals surface area contributed by atoms with Gasteiger partial charge >= 0.3 is 0 Å². The lowest BCUT2D eigenvalue weighted by Gasteiger charge is -2.39. The van der Waals surface area contributed by atoms with Gasteiger partial charge in [0, 0.05) is 16.7 Å². The van der Waals surface area contributed by atoms with Gasteiger partial charge in [-0.15, -0.1) is 0 Å². The van der Waals surface area contributed by atoms with Gasteiger partial charge in [-0.05, 0) is 41.6 Å². The molecule has 1 N–H and O–H groups in total. The molecule has 0 bridgehead atoms. The summed E-state index contributed by atoms with van der Waals surface area (Å²) in [6, 6.07) is 4.20. The Labute approximate surface area is 126 Å². The molecule has 2 fully saturated rings. The number of anilines is 2. The van der Waals surface area contributed by atoms with E-state index in [0.717, 1.165) is 51.2 Å². The van der Waals surface area contributed by atoms with Crippen LogP contribution in [0.1, 0.15) is 6.92 Å². The minimum Gasteiger partial charge on any atom is -0.378 e. The van der Waals surface area contributed by atoms with E-state index in [2.05, 4.69) is 51.9 Å². The molecule has 104 valence electrons. The summed E-state index contributed by atoms with van der Waals surface area (Å²) in [6.07, 6.45) is 0. The van der Waals surface area contributed by atoms with E-state index in [4.69, 9.17) is 14.5 Å². The van der Waals surface area contributed by atoms with Crippen molar-refractivity contribution in [2.75, 3.05) is 49.7 Å². The molecule has 2 saturated heterocycles. The van der Waals surface area contributed by atoms with Gasteiger partial charge in [0.1, 0.15) is 11.6 Å². The van der Waals surface area contributed by atoms with E-state index in [1.54, 1.807) is 0 Å². The summed E-state index contributed by atoms with van der Waals surface area (Å²) >= 11 is 2.34. The van der Waals surface area contributed by atoms with E-state index in [9.17, 15) is 0 Å². The van der Waals surface area contributed by atoms with Gasteiger partial charge < -0.3 is 19.7 Å². The first-order valence-corrected chi connectivity index (χ1v) is 7.59. The summed E-state index contributed by atoms with van der Waals surface area (Å²) in [4.78, 5) is 7.00. The van der Waals surface area contributed by atoms with Crippen molar-refractivity contribution in [3.63, 3.8) is 0 Å². The van der Waals surface area contributed by atoms with Gasteiger partial charge in [0.05, 0.1) is 32.0 Å². The number of halogens is 1. The minimum atomic E-state index is 0.0275. The fourth-order valence-electron chi connectivity index (χ4n) is 2.29. The molecular weight excluding hydrogens is 357 g/mol. The maximum Gasteiger partial charge on any atom is 0.132 e. The van der Waals surface area contributed by atoms with Gasteiger partial charge in [-0.1, -0.05) is 0 Å². The van der Waals surface area contributed by atoms with Crippen LogP contribution in [0.15, 0.2) is 12.1 Å². The van der Waals surface area contributed by atoms with Crippen LogP contribution in [0.4, 0.5) is 11.6 Å². The first-order valence-electron chi connectivity index (χ1n) is 6.51. The highest BCUT2D eigenvalue weighted by molar-refractivity contribution is 14.1. The third kappa shape index (κ3) is 3.11. The summed E-state index contributed by atoms with van der Waals surface area (Å²) < 4.78 is 11.8. The van der Waals surface area contributed by atoms with Crippen molar-refractivity contribution < 1.29 is 9.47 Å². The van der Waals surface area contributed by atoms with Gasteiger partial charge in [0.15, 0.2) is 0 Å². The molecule has 0 spiro atoms. The number of hydrogen-bond donors (Lipinski definition) is 1. The molecule has 2 aliphatic rings. The van der Waals surface area contributed by atoms with Crippen molar-refractivity contribution in [2.24, 2.45) is 0 Å². The van der Waals surface area contributed by atoms with Crippen LogP contribution in [0.25, 0.3) is 0 Å². The first-order chi connectivity index (χ1) is 9.15. The third-order valence-corrected chi connectivity index (χ3v) is 4.01. The molecule has 0 aromatic carbocycles. The summed E-state index contributed by atoms with van der Waals surface area (Å²) in [6.45, 7) is 7.02. The van der Waals surface area contributed by atoms with Crippen molar-refractivity contribution >= 4 is 34.2 Å². The van der Waals surface area contributed by atoms with Crippen LogP contribution in [0.3, 0.4) is 0 Å². The Morgan fingerprint density at radius 3 is 2.63 bits per heavy atom. The number of nitrogens with one attached hydrogen (secondary N) is 1. The zero-order valence-corrected chi connectivity index (χ0v) is 13.1. The Bertz CT molecular complexity index is 459. The lowest BCUT2D eigenvalue weighted by Crippen LogP contribution is -2.53. The van der Waals surface area contributed by atoms with Crippen molar-refractivity contribution in [3.8, 4) is 0 Å². The first kappa shape index (κ1) is 13.4. The third-order valence-electron chi connectivity index (χ3n) is 3.38. The van der Waals surface area contributed by atoms with Crippen molar-refractivity contribution in [2.45, 2.75) is 12.5 Å². The number of nitrogens with zero attached hydrogens (tertiary/aromatic N) is 2. The SMILES string of the molecule is CC1(Nc2cc(I)cc(N3CCOCC3)n2)COC1. The second-order valence-corrected chi connectivity index (χ2v) is 6.55. The second-order valence-electron chi connectivity index (χ2n) is 5.31. The van der Waals surface area contributed by atoms with Gasteiger partial charge in [-0.3, -0.25) is 0 Å². The van der Waals surface area contributed by atoms with Crippen molar-refractivity contribution in [1.82, 2.24) is 4.98 Å². The average Bonchev–Trinajstić information content (AvgIpc) is 2.37. The Kier molecular flexibility index (Phi) is 3.81. The van der Waals surface area contributed by atoms with Gasteiger partial charge in [0.2, 0.25) is 0 Å². The molecule has 5 nitrogen and oxygen atoms in total. The van der Waals surface area contributed by atoms with Crippen LogP contribution in [0.2, 0.25) is 0 Å². The second kappa shape index (κ2) is 5.41. The zero-order chi connectivity index (χ0) is 13.3. The van der Waals surface area contributed by atoms with Gasteiger partial charge in [0.25, 0.3) is 0 Å². The average molecular weight is 375 g/mol. The van der Waals surface area contributed by atoms with Gasteiger partial charge in [-0.2, -0.15) is 0 Å². The van der Waals surface area contributed by atoms with Crippen molar-refractivity contribution in [1.29, 1.82) is 0 Å². The monoisotopic (exact) mass is 375 g/mol. The van der Waals surface area contributed by atoms with E-state index in [1.807, 2.05) is 0 Å². The lowest BCUT2D eigenvalue weighted by atomic mass is 10.0. The molecule has 0 saturated carbocycles. The normalized spacial score (nSPS) is 21.9. The predicted molar refractivity (Wildman–Crippen MR) is 82.8 cm³/mol. The molecule has 3 rings (SSSR count). The molecule has 19 heavy (non-hydrogen) atoms. The quantitative estimate of drug-likeness (QED) is 0.816. The zero-order valence-electron chi connectivity index (χ0n) is 11.0. The van der Waals surface area contributed by atoms with Crippen LogP contribution in [0, 0.1) is 3.57 Å². The number of rotatable bonds is 3. The topological polar surface area (TPSA) is 46.6 Å². The Balaban J connectivity index is 1.78. The molecule has 2 aliphatic heterocycles. The fraction of sp³-hybridized carbons (Fsp3) is 0.615. The number of morpholine rings is 1. The Morgan fingerprint density at radius 2 is 2.00 bits per heavy atom. The lowest BCUT2D eigenvalue weighted by molar-refractivity contribution is -0.0320. The van der Waals surface area contributed by atoms with Crippen LogP contribution < -0.4 is 10.2 Å². The largest absolute Gasteiger partial charge is 0.378 e. The molecule has 0 atom stereocenters. The van der Waals surface area contributed by atoms with Gasteiger partial charge in [-0.25, -0.2) is 4.98 Å². The standard InChI is InChI=1S/C13H18IN3O2/c1-13(8-19-9-13)16-11-6-10(14)7-12(15-11)17-2-4-18-5-3-17/h6-7H,2-5,8-9H2,1H3,(H,15,16). The Morgan fingerprint density at radius 1 is 1.26 bits per heavy atom. The van der Waals surface area contributed by atoms with Crippen LogP contribution in [-0.4, -0.2) is 50.0 Å². The van der Waals surface area contributed by atoms with Crippen molar-refractivity contribution in [3.05, 3.63) is 15.7 Å². The molecule has 3 heterocycles. The van der Waals surface area contributed by atoms with Crippen LogP contribution in [0.5, 0.6) is 0 Å². The maximum atomic E-state index is 5.39. The number of aromatic nitrogens is 1. The molecule has 0 radical (unpaired) electrons. The number of pyridine rings is 1. The van der Waals surface area contributed by atoms with Crippen LogP contribution in [-0.2, 0) is 9.47 Å². The highest BCUT2D eigenvalue weighted by atomic mass is 127. The van der Waals surface area contributed by atoms with E-state index < -0.39 is 0 Å². The summed E-state index contributed by atoms with van der Waals surface area (Å²) in [5.74, 6) is 1.96. The fourth-order valence-corrected chi connectivity index (χ4v) is 2.87.